The van der Waals surface area contributed by atoms with Crippen LogP contribution in [0.25, 0.3) is 16.8 Å². The Bertz CT molecular complexity index is 885. The molecule has 2 aromatic carbocycles. The van der Waals surface area contributed by atoms with E-state index in [0.717, 1.165) is 34.5 Å². The van der Waals surface area contributed by atoms with Crippen molar-refractivity contribution in [1.29, 1.82) is 0 Å². The van der Waals surface area contributed by atoms with Crippen molar-refractivity contribution >= 4 is 17.3 Å². The number of hydrazine groups is 1. The summed E-state index contributed by atoms with van der Waals surface area (Å²) in [5.74, 6) is 5.68. The summed E-state index contributed by atoms with van der Waals surface area (Å²) in [6.45, 7) is 4.24. The summed E-state index contributed by atoms with van der Waals surface area (Å²) in [5, 5.41) is 4.91. The van der Waals surface area contributed by atoms with E-state index >= 15 is 0 Å². The average molecular weight is 368 g/mol. The second kappa shape index (κ2) is 8.17. The molecule has 134 valence electrons. The van der Waals surface area contributed by atoms with Crippen LogP contribution in [-0.4, -0.2) is 15.3 Å². The van der Waals surface area contributed by atoms with Gasteiger partial charge in [0.25, 0.3) is 0 Å². The number of hydrogen-bond acceptors (Lipinski definition) is 4. The van der Waals surface area contributed by atoms with Gasteiger partial charge in [-0.1, -0.05) is 49.7 Å². The van der Waals surface area contributed by atoms with Gasteiger partial charge in [-0.2, -0.15) is 5.10 Å². The number of hydrazone groups is 1. The molecule has 0 saturated heterocycles. The Hall–Kier alpha value is -2.63. The highest BCUT2D eigenvalue weighted by Gasteiger charge is 2.14. The van der Waals surface area contributed by atoms with Gasteiger partial charge >= 0.3 is 0 Å². The van der Waals surface area contributed by atoms with Gasteiger partial charge < -0.3 is 4.57 Å². The lowest BCUT2D eigenvalue weighted by atomic mass is 9.94. The van der Waals surface area contributed by atoms with Crippen molar-refractivity contribution < 1.29 is 0 Å². The van der Waals surface area contributed by atoms with Gasteiger partial charge in [-0.3, -0.25) is 0 Å². The highest BCUT2D eigenvalue weighted by Crippen LogP contribution is 2.30. The predicted molar refractivity (Wildman–Crippen MR) is 107 cm³/mol. The lowest BCUT2D eigenvalue weighted by Crippen LogP contribution is -2.21. The van der Waals surface area contributed by atoms with Gasteiger partial charge in [0.1, 0.15) is 0 Å². The van der Waals surface area contributed by atoms with Gasteiger partial charge in [-0.25, -0.2) is 16.4 Å². The molecule has 0 aliphatic carbocycles. The van der Waals surface area contributed by atoms with Crippen LogP contribution >= 0.6 is 11.6 Å². The number of nitrogens with two attached hydrogens (primary N) is 1. The van der Waals surface area contributed by atoms with E-state index in [9.17, 15) is 0 Å². The number of halogens is 1. The molecule has 0 aliphatic heterocycles. The molecule has 1 atom stereocenters. The molecule has 26 heavy (non-hydrogen) atoms. The van der Waals surface area contributed by atoms with E-state index < -0.39 is 0 Å². The van der Waals surface area contributed by atoms with Crippen LogP contribution in [0, 0.1) is 5.92 Å². The highest BCUT2D eigenvalue weighted by atomic mass is 35.5. The van der Waals surface area contributed by atoms with Crippen LogP contribution < -0.4 is 11.4 Å². The maximum absolute atomic E-state index is 6.57. The van der Waals surface area contributed by atoms with E-state index in [0.29, 0.717) is 5.02 Å². The molecule has 3 aromatic rings. The maximum Gasteiger partial charge on any atom is 0.0991 e. The Morgan fingerprint density at radius 3 is 2.62 bits per heavy atom. The third-order valence-corrected chi connectivity index (χ3v) is 4.82. The number of benzene rings is 2. The van der Waals surface area contributed by atoms with Crippen molar-refractivity contribution in [3.63, 3.8) is 0 Å². The normalized spacial score (nSPS) is 12.8. The van der Waals surface area contributed by atoms with Crippen molar-refractivity contribution in [2.75, 3.05) is 0 Å². The van der Waals surface area contributed by atoms with Gasteiger partial charge in [0.2, 0.25) is 0 Å². The number of nitrogens with one attached hydrogen (secondary N) is 1. The molecule has 3 rings (SSSR count). The molecule has 0 fully saturated rings. The fourth-order valence-electron chi connectivity index (χ4n) is 2.86. The Kier molecular flexibility index (Phi) is 5.71. The Morgan fingerprint density at radius 1 is 1.27 bits per heavy atom. The van der Waals surface area contributed by atoms with Gasteiger partial charge in [0.15, 0.2) is 0 Å². The van der Waals surface area contributed by atoms with Crippen molar-refractivity contribution in [1.82, 2.24) is 15.1 Å². The predicted octanol–water partition coefficient (Wildman–Crippen LogP) is 4.41. The maximum atomic E-state index is 6.57. The Labute approximate surface area is 158 Å². The van der Waals surface area contributed by atoms with Crippen molar-refractivity contribution in [2.45, 2.75) is 20.3 Å². The standard InChI is InChI=1S/C20H22ClN5/c1-3-14(2)20(24-25-22)16-6-9-18(19(21)12-16)15-4-7-17(8-5-15)26-11-10-23-13-26/h4-14,25H,3,22H2,1-2H3/b24-20+. The second-order valence-electron chi connectivity index (χ2n) is 6.15. The van der Waals surface area contributed by atoms with E-state index in [1.165, 1.54) is 0 Å². The second-order valence-corrected chi connectivity index (χ2v) is 6.55. The first-order valence-electron chi connectivity index (χ1n) is 8.56. The molecule has 5 nitrogen and oxygen atoms in total. The highest BCUT2D eigenvalue weighted by molar-refractivity contribution is 6.33. The van der Waals surface area contributed by atoms with Crippen LogP contribution in [0.15, 0.2) is 66.3 Å². The summed E-state index contributed by atoms with van der Waals surface area (Å²) in [6, 6.07) is 14.2. The Balaban J connectivity index is 1.91. The van der Waals surface area contributed by atoms with Crippen LogP contribution in [0.3, 0.4) is 0 Å². The molecule has 0 aliphatic rings. The number of rotatable bonds is 6. The first-order valence-corrected chi connectivity index (χ1v) is 8.93. The molecular weight excluding hydrogens is 346 g/mol. The van der Waals surface area contributed by atoms with Crippen LogP contribution in [-0.2, 0) is 0 Å². The third kappa shape index (κ3) is 3.79. The number of imidazole rings is 1. The van der Waals surface area contributed by atoms with Crippen LogP contribution in [0.2, 0.25) is 5.02 Å². The zero-order chi connectivity index (χ0) is 18.5. The molecule has 1 heterocycles. The summed E-state index contributed by atoms with van der Waals surface area (Å²) < 4.78 is 1.96. The largest absolute Gasteiger partial charge is 0.306 e. The molecular formula is C20H22ClN5. The number of aromatic nitrogens is 2. The van der Waals surface area contributed by atoms with E-state index in [-0.39, 0.29) is 5.92 Å². The molecule has 1 unspecified atom stereocenters. The third-order valence-electron chi connectivity index (χ3n) is 4.51. The van der Waals surface area contributed by atoms with Gasteiger partial charge in [-0.05, 0) is 35.7 Å². The van der Waals surface area contributed by atoms with Crippen molar-refractivity contribution in [2.24, 2.45) is 16.9 Å². The first-order chi connectivity index (χ1) is 12.6. The number of hydrogen-bond donors (Lipinski definition) is 2. The van der Waals surface area contributed by atoms with Crippen molar-refractivity contribution in [3.05, 3.63) is 71.8 Å². The minimum Gasteiger partial charge on any atom is -0.306 e. The van der Waals surface area contributed by atoms with E-state index in [1.807, 2.05) is 41.1 Å². The van der Waals surface area contributed by atoms with E-state index in [1.54, 1.807) is 12.5 Å². The molecule has 1 aromatic heterocycles. The monoisotopic (exact) mass is 367 g/mol. The molecule has 6 heteroatoms. The molecule has 0 radical (unpaired) electrons. The summed E-state index contributed by atoms with van der Waals surface area (Å²) in [7, 11) is 0. The fourth-order valence-corrected chi connectivity index (χ4v) is 3.15. The molecule has 0 amide bonds. The molecule has 0 spiro atoms. The van der Waals surface area contributed by atoms with Crippen molar-refractivity contribution in [3.8, 4) is 16.8 Å². The summed E-state index contributed by atoms with van der Waals surface area (Å²) in [5.41, 5.74) is 7.38. The zero-order valence-electron chi connectivity index (χ0n) is 14.9. The summed E-state index contributed by atoms with van der Waals surface area (Å²) in [6.07, 6.45) is 6.42. The SMILES string of the molecule is CCC(C)/C(=N\NN)c1ccc(-c2ccc(-n3ccnc3)cc2)c(Cl)c1. The fraction of sp³-hybridized carbons (Fsp3) is 0.200. The first kappa shape index (κ1) is 18.2. The van der Waals surface area contributed by atoms with Gasteiger partial charge in [0.05, 0.1) is 12.0 Å². The quantitative estimate of drug-likeness (QED) is 0.385. The van der Waals surface area contributed by atoms with E-state index in [4.69, 9.17) is 17.4 Å². The van der Waals surface area contributed by atoms with Crippen LogP contribution in [0.1, 0.15) is 25.8 Å². The lowest BCUT2D eigenvalue weighted by molar-refractivity contribution is 0.712. The summed E-state index contributed by atoms with van der Waals surface area (Å²) in [4.78, 5) is 4.07. The van der Waals surface area contributed by atoms with Crippen LogP contribution in [0.5, 0.6) is 0 Å². The van der Waals surface area contributed by atoms with Gasteiger partial charge in [0, 0.05) is 34.6 Å². The van der Waals surface area contributed by atoms with Crippen LogP contribution in [0.4, 0.5) is 0 Å². The van der Waals surface area contributed by atoms with Gasteiger partial charge in [-0.15, -0.1) is 0 Å². The molecule has 0 bridgehead atoms. The average Bonchev–Trinajstić information content (AvgIpc) is 3.20. The molecule has 3 N–H and O–H groups in total. The number of nitrogens with zero attached hydrogens (tertiary/aromatic N) is 3. The zero-order valence-corrected chi connectivity index (χ0v) is 15.6. The smallest absolute Gasteiger partial charge is 0.0991 e. The topological polar surface area (TPSA) is 68.2 Å². The van der Waals surface area contributed by atoms with E-state index in [2.05, 4.69) is 41.6 Å². The Morgan fingerprint density at radius 2 is 2.04 bits per heavy atom. The molecule has 0 saturated carbocycles. The minimum atomic E-state index is 0.280. The summed E-state index contributed by atoms with van der Waals surface area (Å²) >= 11 is 6.57. The minimum absolute atomic E-state index is 0.280. The lowest BCUT2D eigenvalue weighted by Gasteiger charge is -2.14.